The molecule has 0 aromatic carbocycles. The molecule has 0 saturated heterocycles. The molecule has 1 aromatic heterocycles. The van der Waals surface area contributed by atoms with Crippen molar-refractivity contribution in [2.75, 3.05) is 20.1 Å². The molecule has 1 unspecified atom stereocenters. The third-order valence-corrected chi connectivity index (χ3v) is 4.62. The van der Waals surface area contributed by atoms with Crippen LogP contribution in [0.25, 0.3) is 0 Å². The Morgan fingerprint density at radius 3 is 2.65 bits per heavy atom. The zero-order valence-electron chi connectivity index (χ0n) is 13.3. The smallest absolute Gasteiger partial charge is 0.0951 e. The number of hydrogen-bond donors (Lipinski definition) is 1. The molecule has 1 aliphatic carbocycles. The summed E-state index contributed by atoms with van der Waals surface area (Å²) in [6, 6.07) is 0.714. The Morgan fingerprint density at radius 1 is 1.35 bits per heavy atom. The first kappa shape index (κ1) is 15.5. The maximum atomic E-state index is 6.06. The summed E-state index contributed by atoms with van der Waals surface area (Å²) in [4.78, 5) is 6.76. The van der Waals surface area contributed by atoms with Gasteiger partial charge < -0.3 is 10.3 Å². The highest BCUT2D eigenvalue weighted by Crippen LogP contribution is 2.27. The van der Waals surface area contributed by atoms with Crippen molar-refractivity contribution in [2.24, 2.45) is 11.7 Å². The topological polar surface area (TPSA) is 47.1 Å². The number of nitrogens with zero attached hydrogens (tertiary/aromatic N) is 3. The lowest BCUT2D eigenvalue weighted by molar-refractivity contribution is 0.179. The second-order valence-corrected chi connectivity index (χ2v) is 6.51. The molecule has 1 atom stereocenters. The van der Waals surface area contributed by atoms with Crippen LogP contribution in [0.2, 0.25) is 0 Å². The van der Waals surface area contributed by atoms with Gasteiger partial charge in [0.15, 0.2) is 0 Å². The van der Waals surface area contributed by atoms with Gasteiger partial charge in [0.25, 0.3) is 0 Å². The number of likely N-dealkylation sites (N-methyl/N-ethyl adjacent to an activating group) is 1. The van der Waals surface area contributed by atoms with Crippen LogP contribution in [0.1, 0.15) is 63.7 Å². The van der Waals surface area contributed by atoms with E-state index in [0.717, 1.165) is 12.5 Å². The lowest BCUT2D eigenvalue weighted by Gasteiger charge is -2.33. The van der Waals surface area contributed by atoms with E-state index < -0.39 is 0 Å². The number of rotatable bonds is 6. The quantitative estimate of drug-likeness (QED) is 0.870. The first-order chi connectivity index (χ1) is 9.63. The third-order valence-electron chi connectivity index (χ3n) is 4.62. The van der Waals surface area contributed by atoms with E-state index in [2.05, 4.69) is 35.3 Å². The van der Waals surface area contributed by atoms with Crippen LogP contribution in [-0.4, -0.2) is 34.6 Å². The Bertz CT molecular complexity index is 393. The average Bonchev–Trinajstić information content (AvgIpc) is 2.90. The highest BCUT2D eigenvalue weighted by Gasteiger charge is 2.23. The van der Waals surface area contributed by atoms with Crippen LogP contribution in [0.4, 0.5) is 0 Å². The molecule has 114 valence electrons. The van der Waals surface area contributed by atoms with Crippen molar-refractivity contribution in [1.82, 2.24) is 14.5 Å². The lowest BCUT2D eigenvalue weighted by Crippen LogP contribution is -2.36. The van der Waals surface area contributed by atoms with E-state index >= 15 is 0 Å². The fourth-order valence-electron chi connectivity index (χ4n) is 3.44. The molecule has 4 heteroatoms. The summed E-state index contributed by atoms with van der Waals surface area (Å²) in [6.07, 6.45) is 10.9. The standard InChI is InChI=1S/C16H30N4/c1-13(2)20-12-18-10-16(20)15(9-17)19(3)11-14-7-5-4-6-8-14/h10,12-15H,4-9,11,17H2,1-3H3. The third kappa shape index (κ3) is 3.61. The fourth-order valence-corrected chi connectivity index (χ4v) is 3.44. The summed E-state index contributed by atoms with van der Waals surface area (Å²) in [6.45, 7) is 6.20. The van der Waals surface area contributed by atoms with E-state index in [0.29, 0.717) is 12.6 Å². The van der Waals surface area contributed by atoms with E-state index in [4.69, 9.17) is 5.73 Å². The normalized spacial score (nSPS) is 18.9. The maximum absolute atomic E-state index is 6.06. The molecule has 0 spiro atoms. The molecule has 4 nitrogen and oxygen atoms in total. The van der Waals surface area contributed by atoms with Gasteiger partial charge in [-0.3, -0.25) is 4.90 Å². The number of nitrogens with two attached hydrogens (primary N) is 1. The molecule has 1 aromatic rings. The molecule has 20 heavy (non-hydrogen) atoms. The summed E-state index contributed by atoms with van der Waals surface area (Å²) >= 11 is 0. The molecule has 0 radical (unpaired) electrons. The molecule has 0 amide bonds. The van der Waals surface area contributed by atoms with Gasteiger partial charge in [-0.25, -0.2) is 4.98 Å². The van der Waals surface area contributed by atoms with Gasteiger partial charge in [0.2, 0.25) is 0 Å². The largest absolute Gasteiger partial charge is 0.331 e. The number of hydrogen-bond acceptors (Lipinski definition) is 3. The van der Waals surface area contributed by atoms with E-state index in [9.17, 15) is 0 Å². The number of imidazole rings is 1. The van der Waals surface area contributed by atoms with Crippen molar-refractivity contribution in [3.63, 3.8) is 0 Å². The Balaban J connectivity index is 2.04. The van der Waals surface area contributed by atoms with Crippen LogP contribution in [0.5, 0.6) is 0 Å². The first-order valence-corrected chi connectivity index (χ1v) is 8.05. The van der Waals surface area contributed by atoms with Crippen LogP contribution in [0.3, 0.4) is 0 Å². The van der Waals surface area contributed by atoms with Crippen LogP contribution >= 0.6 is 0 Å². The van der Waals surface area contributed by atoms with Crippen LogP contribution in [-0.2, 0) is 0 Å². The van der Waals surface area contributed by atoms with Crippen molar-refractivity contribution < 1.29 is 0 Å². The van der Waals surface area contributed by atoms with Gasteiger partial charge in [-0.2, -0.15) is 0 Å². The fraction of sp³-hybridized carbons (Fsp3) is 0.812. The molecule has 0 bridgehead atoms. The van der Waals surface area contributed by atoms with Crippen molar-refractivity contribution in [1.29, 1.82) is 0 Å². The molecule has 1 aliphatic rings. The van der Waals surface area contributed by atoms with E-state index in [1.54, 1.807) is 0 Å². The van der Waals surface area contributed by atoms with Gasteiger partial charge in [0.1, 0.15) is 0 Å². The van der Waals surface area contributed by atoms with E-state index in [-0.39, 0.29) is 6.04 Å². The molecule has 2 rings (SSSR count). The van der Waals surface area contributed by atoms with Crippen molar-refractivity contribution in [2.45, 2.75) is 58.0 Å². The Labute approximate surface area is 123 Å². The van der Waals surface area contributed by atoms with Gasteiger partial charge in [0.05, 0.1) is 18.1 Å². The molecule has 2 N–H and O–H groups in total. The Hall–Kier alpha value is -0.870. The van der Waals surface area contributed by atoms with Crippen LogP contribution in [0.15, 0.2) is 12.5 Å². The van der Waals surface area contributed by atoms with Crippen LogP contribution < -0.4 is 5.73 Å². The Morgan fingerprint density at radius 2 is 2.05 bits per heavy atom. The average molecular weight is 278 g/mol. The first-order valence-electron chi connectivity index (χ1n) is 8.05. The molecule has 0 aliphatic heterocycles. The highest BCUT2D eigenvalue weighted by atomic mass is 15.2. The molecule has 1 heterocycles. The predicted octanol–water partition coefficient (Wildman–Crippen LogP) is 2.98. The second-order valence-electron chi connectivity index (χ2n) is 6.51. The van der Waals surface area contributed by atoms with Crippen molar-refractivity contribution in [3.8, 4) is 0 Å². The van der Waals surface area contributed by atoms with Crippen molar-refractivity contribution in [3.05, 3.63) is 18.2 Å². The molecular formula is C16H30N4. The summed E-state index contributed by atoms with van der Waals surface area (Å²) in [5.74, 6) is 0.846. The lowest BCUT2D eigenvalue weighted by atomic mass is 9.88. The summed E-state index contributed by atoms with van der Waals surface area (Å²) in [7, 11) is 2.21. The Kier molecular flexibility index (Phi) is 5.61. The summed E-state index contributed by atoms with van der Waals surface area (Å²) in [5.41, 5.74) is 7.31. The van der Waals surface area contributed by atoms with Crippen LogP contribution in [0, 0.1) is 5.92 Å². The summed E-state index contributed by atoms with van der Waals surface area (Å²) < 4.78 is 2.24. The van der Waals surface area contributed by atoms with Gasteiger partial charge in [-0.15, -0.1) is 0 Å². The maximum Gasteiger partial charge on any atom is 0.0951 e. The van der Waals surface area contributed by atoms with E-state index in [1.165, 1.54) is 37.8 Å². The minimum atomic E-state index is 0.279. The number of aromatic nitrogens is 2. The van der Waals surface area contributed by atoms with Gasteiger partial charge >= 0.3 is 0 Å². The van der Waals surface area contributed by atoms with Crippen molar-refractivity contribution >= 4 is 0 Å². The predicted molar refractivity (Wildman–Crippen MR) is 83.6 cm³/mol. The second kappa shape index (κ2) is 7.23. The minimum Gasteiger partial charge on any atom is -0.331 e. The minimum absolute atomic E-state index is 0.279. The van der Waals surface area contributed by atoms with Gasteiger partial charge in [0, 0.05) is 25.3 Å². The summed E-state index contributed by atoms with van der Waals surface area (Å²) in [5, 5.41) is 0. The zero-order chi connectivity index (χ0) is 14.5. The SMILES string of the molecule is CC(C)n1cncc1C(CN)N(C)CC1CCCCC1. The van der Waals surface area contributed by atoms with Gasteiger partial charge in [-0.1, -0.05) is 19.3 Å². The molecular weight excluding hydrogens is 248 g/mol. The molecule has 1 fully saturated rings. The monoisotopic (exact) mass is 278 g/mol. The van der Waals surface area contributed by atoms with E-state index in [1.807, 2.05) is 12.5 Å². The van der Waals surface area contributed by atoms with Gasteiger partial charge in [-0.05, 0) is 39.7 Å². The molecule has 1 saturated carbocycles. The highest BCUT2D eigenvalue weighted by molar-refractivity contribution is 5.07. The zero-order valence-corrected chi connectivity index (χ0v) is 13.3.